The fourth-order valence-electron chi connectivity index (χ4n) is 1.97. The van der Waals surface area contributed by atoms with Crippen molar-refractivity contribution in [2.24, 2.45) is 5.92 Å². The smallest absolute Gasteiger partial charge is 0.410 e. The van der Waals surface area contributed by atoms with Gasteiger partial charge in [0.25, 0.3) is 0 Å². The first-order valence-corrected chi connectivity index (χ1v) is 6.12. The SMILES string of the molecule is C=CC(O)[C@@H]1CCCN(C(=O)OC(C)(C)C)C1. The van der Waals surface area contributed by atoms with Crippen LogP contribution in [0.3, 0.4) is 0 Å². The summed E-state index contributed by atoms with van der Waals surface area (Å²) in [5.41, 5.74) is -0.471. The van der Waals surface area contributed by atoms with E-state index in [4.69, 9.17) is 4.74 Å². The number of hydrogen-bond acceptors (Lipinski definition) is 3. The summed E-state index contributed by atoms with van der Waals surface area (Å²) in [4.78, 5) is 13.5. The molecular weight excluding hydrogens is 218 g/mol. The Morgan fingerprint density at radius 3 is 2.76 bits per heavy atom. The number of rotatable bonds is 2. The molecule has 1 heterocycles. The number of likely N-dealkylation sites (tertiary alicyclic amines) is 1. The van der Waals surface area contributed by atoms with E-state index in [9.17, 15) is 9.90 Å². The van der Waals surface area contributed by atoms with Crippen molar-refractivity contribution in [3.05, 3.63) is 12.7 Å². The summed E-state index contributed by atoms with van der Waals surface area (Å²) in [5, 5.41) is 9.72. The molecule has 0 aromatic rings. The van der Waals surface area contributed by atoms with E-state index in [0.717, 1.165) is 12.8 Å². The highest BCUT2D eigenvalue weighted by Gasteiger charge is 2.29. The first-order chi connectivity index (χ1) is 7.83. The molecule has 0 spiro atoms. The van der Waals surface area contributed by atoms with Crippen LogP contribution in [0.1, 0.15) is 33.6 Å². The molecule has 4 nitrogen and oxygen atoms in total. The molecular formula is C13H23NO3. The van der Waals surface area contributed by atoms with Crippen LogP contribution in [0.15, 0.2) is 12.7 Å². The first-order valence-electron chi connectivity index (χ1n) is 6.12. The van der Waals surface area contributed by atoms with E-state index in [1.807, 2.05) is 20.8 Å². The molecule has 0 aromatic heterocycles. The maximum atomic E-state index is 11.9. The molecule has 0 bridgehead atoms. The van der Waals surface area contributed by atoms with E-state index < -0.39 is 11.7 Å². The maximum Gasteiger partial charge on any atom is 0.410 e. The molecule has 1 aliphatic rings. The fourth-order valence-corrected chi connectivity index (χ4v) is 1.97. The van der Waals surface area contributed by atoms with Gasteiger partial charge in [0.1, 0.15) is 5.60 Å². The van der Waals surface area contributed by atoms with Crippen molar-refractivity contribution in [1.29, 1.82) is 0 Å². The molecule has 1 unspecified atom stereocenters. The second-order valence-electron chi connectivity index (χ2n) is 5.55. The molecule has 17 heavy (non-hydrogen) atoms. The Labute approximate surface area is 103 Å². The van der Waals surface area contributed by atoms with E-state index >= 15 is 0 Å². The third-order valence-electron chi connectivity index (χ3n) is 2.83. The van der Waals surface area contributed by atoms with Gasteiger partial charge in [-0.3, -0.25) is 0 Å². The number of carbonyl (C=O) groups is 1. The largest absolute Gasteiger partial charge is 0.444 e. The molecule has 0 saturated carbocycles. The summed E-state index contributed by atoms with van der Waals surface area (Å²) in [5.74, 6) is 0.0776. The van der Waals surface area contributed by atoms with Gasteiger partial charge in [-0.2, -0.15) is 0 Å². The standard InChI is InChI=1S/C13H23NO3/c1-5-11(15)10-7-6-8-14(9-10)12(16)17-13(2,3)4/h5,10-11,15H,1,6-9H2,2-4H3/t10-,11?/m1/s1. The van der Waals surface area contributed by atoms with Crippen LogP contribution in [0.4, 0.5) is 4.79 Å². The predicted octanol–water partition coefficient (Wildman–Crippen LogP) is 2.18. The fraction of sp³-hybridized carbons (Fsp3) is 0.769. The summed E-state index contributed by atoms with van der Waals surface area (Å²) in [7, 11) is 0. The average Bonchev–Trinajstić information content (AvgIpc) is 2.26. The van der Waals surface area contributed by atoms with Crippen LogP contribution in [0, 0.1) is 5.92 Å². The molecule has 0 radical (unpaired) electrons. The molecule has 0 aromatic carbocycles. The van der Waals surface area contributed by atoms with Gasteiger partial charge in [0.2, 0.25) is 0 Å². The van der Waals surface area contributed by atoms with Crippen molar-refractivity contribution in [2.45, 2.75) is 45.3 Å². The lowest BCUT2D eigenvalue weighted by Gasteiger charge is -2.35. The van der Waals surface area contributed by atoms with Gasteiger partial charge in [0, 0.05) is 19.0 Å². The highest BCUT2D eigenvalue weighted by molar-refractivity contribution is 5.68. The number of aliphatic hydroxyl groups excluding tert-OH is 1. The second-order valence-corrected chi connectivity index (χ2v) is 5.55. The van der Waals surface area contributed by atoms with Crippen molar-refractivity contribution in [1.82, 2.24) is 4.90 Å². The number of amides is 1. The minimum absolute atomic E-state index is 0.0776. The van der Waals surface area contributed by atoms with Crippen LogP contribution in [0.25, 0.3) is 0 Å². The van der Waals surface area contributed by atoms with Crippen molar-refractivity contribution in [2.75, 3.05) is 13.1 Å². The number of ether oxygens (including phenoxy) is 1. The first kappa shape index (κ1) is 14.0. The van der Waals surface area contributed by atoms with Gasteiger partial charge < -0.3 is 14.7 Å². The zero-order valence-corrected chi connectivity index (χ0v) is 11.0. The number of piperidine rings is 1. The van der Waals surface area contributed by atoms with Gasteiger partial charge in [-0.25, -0.2) is 4.79 Å². The summed E-state index contributed by atoms with van der Waals surface area (Å²) in [6.07, 6.45) is 2.52. The Balaban J connectivity index is 2.54. The van der Waals surface area contributed by atoms with Gasteiger partial charge in [0.05, 0.1) is 6.10 Å². The van der Waals surface area contributed by atoms with Gasteiger partial charge in [-0.05, 0) is 33.6 Å². The number of hydrogen-bond donors (Lipinski definition) is 1. The molecule has 1 rings (SSSR count). The monoisotopic (exact) mass is 241 g/mol. The van der Waals surface area contributed by atoms with E-state index in [1.165, 1.54) is 6.08 Å². The quantitative estimate of drug-likeness (QED) is 0.754. The van der Waals surface area contributed by atoms with E-state index in [2.05, 4.69) is 6.58 Å². The summed E-state index contributed by atoms with van der Waals surface area (Å²) in [6, 6.07) is 0. The molecule has 0 aliphatic carbocycles. The molecule has 1 fully saturated rings. The minimum Gasteiger partial charge on any atom is -0.444 e. The Hall–Kier alpha value is -1.03. The van der Waals surface area contributed by atoms with Gasteiger partial charge in [-0.1, -0.05) is 6.08 Å². The van der Waals surface area contributed by atoms with Crippen LogP contribution in [0.5, 0.6) is 0 Å². The van der Waals surface area contributed by atoms with E-state index in [-0.39, 0.29) is 12.0 Å². The van der Waals surface area contributed by atoms with Crippen molar-refractivity contribution in [3.8, 4) is 0 Å². The Morgan fingerprint density at radius 2 is 2.24 bits per heavy atom. The molecule has 1 amide bonds. The van der Waals surface area contributed by atoms with E-state index in [0.29, 0.717) is 13.1 Å². The Bertz CT molecular complexity index is 283. The maximum absolute atomic E-state index is 11.9. The highest BCUT2D eigenvalue weighted by atomic mass is 16.6. The van der Waals surface area contributed by atoms with Crippen molar-refractivity contribution in [3.63, 3.8) is 0 Å². The lowest BCUT2D eigenvalue weighted by atomic mass is 9.93. The molecule has 4 heteroatoms. The molecule has 1 aliphatic heterocycles. The summed E-state index contributed by atoms with van der Waals surface area (Å²) in [6.45, 7) is 10.4. The van der Waals surface area contributed by atoms with Crippen LogP contribution in [0.2, 0.25) is 0 Å². The summed E-state index contributed by atoms with van der Waals surface area (Å²) >= 11 is 0. The van der Waals surface area contributed by atoms with Crippen molar-refractivity contribution >= 4 is 6.09 Å². The van der Waals surface area contributed by atoms with E-state index in [1.54, 1.807) is 4.90 Å². The van der Waals surface area contributed by atoms with Gasteiger partial charge >= 0.3 is 6.09 Å². The van der Waals surface area contributed by atoms with Crippen molar-refractivity contribution < 1.29 is 14.6 Å². The highest BCUT2D eigenvalue weighted by Crippen LogP contribution is 2.22. The zero-order chi connectivity index (χ0) is 13.1. The molecule has 2 atom stereocenters. The van der Waals surface area contributed by atoms with Crippen LogP contribution < -0.4 is 0 Å². The predicted molar refractivity (Wildman–Crippen MR) is 66.7 cm³/mol. The Morgan fingerprint density at radius 1 is 1.59 bits per heavy atom. The lowest BCUT2D eigenvalue weighted by molar-refractivity contribution is 0.00834. The second kappa shape index (κ2) is 5.54. The van der Waals surface area contributed by atoms with Crippen LogP contribution in [-0.4, -0.2) is 40.9 Å². The number of nitrogens with zero attached hydrogens (tertiary/aromatic N) is 1. The topological polar surface area (TPSA) is 49.8 Å². The molecule has 1 saturated heterocycles. The Kier molecular flexibility index (Phi) is 4.57. The third-order valence-corrected chi connectivity index (χ3v) is 2.83. The minimum atomic E-state index is -0.541. The van der Waals surface area contributed by atoms with Gasteiger partial charge in [0.15, 0.2) is 0 Å². The lowest BCUT2D eigenvalue weighted by Crippen LogP contribution is -2.45. The summed E-state index contributed by atoms with van der Waals surface area (Å²) < 4.78 is 5.32. The third kappa shape index (κ3) is 4.38. The van der Waals surface area contributed by atoms with Gasteiger partial charge in [-0.15, -0.1) is 6.58 Å². The van der Waals surface area contributed by atoms with Crippen LogP contribution in [-0.2, 0) is 4.74 Å². The number of aliphatic hydroxyl groups is 1. The number of carbonyl (C=O) groups excluding carboxylic acids is 1. The molecule has 98 valence electrons. The average molecular weight is 241 g/mol. The van der Waals surface area contributed by atoms with Crippen LogP contribution >= 0.6 is 0 Å². The molecule has 1 N–H and O–H groups in total. The zero-order valence-electron chi connectivity index (χ0n) is 11.0. The normalized spacial score (nSPS) is 23.1.